The minimum absolute atomic E-state index is 0.00782. The lowest BCUT2D eigenvalue weighted by Gasteiger charge is -2.55. The van der Waals surface area contributed by atoms with Crippen molar-refractivity contribution in [3.05, 3.63) is 35.9 Å². The molecule has 0 spiro atoms. The van der Waals surface area contributed by atoms with Crippen LogP contribution in [0.1, 0.15) is 56.6 Å². The Bertz CT molecular complexity index is 654. The Hall–Kier alpha value is -1.39. The molecular formula is C24H34N2O2. The SMILES string of the molecule is O=C(NCCCN1CCOC(c2ccccc2)C1)C12CC3CC(CC(C3)C1)C2. The fraction of sp³-hybridized carbons (Fsp3) is 0.708. The summed E-state index contributed by atoms with van der Waals surface area (Å²) in [5.74, 6) is 2.87. The molecule has 1 aliphatic heterocycles. The Morgan fingerprint density at radius 2 is 1.75 bits per heavy atom. The first-order valence-electron chi connectivity index (χ1n) is 11.4. The quantitative estimate of drug-likeness (QED) is 0.761. The number of ether oxygens (including phenoxy) is 1. The molecule has 1 amide bonds. The van der Waals surface area contributed by atoms with Gasteiger partial charge >= 0.3 is 0 Å². The molecule has 1 aromatic carbocycles. The summed E-state index contributed by atoms with van der Waals surface area (Å²) < 4.78 is 5.97. The zero-order valence-corrected chi connectivity index (χ0v) is 16.9. The molecule has 4 heteroatoms. The number of carbonyl (C=O) groups is 1. The third-order valence-electron chi connectivity index (χ3n) is 7.78. The highest BCUT2D eigenvalue weighted by molar-refractivity contribution is 5.83. The molecule has 1 heterocycles. The summed E-state index contributed by atoms with van der Waals surface area (Å²) in [6.07, 6.45) is 8.87. The Balaban J connectivity index is 1.08. The third kappa shape index (κ3) is 3.73. The van der Waals surface area contributed by atoms with E-state index in [0.29, 0.717) is 5.91 Å². The van der Waals surface area contributed by atoms with E-state index in [0.717, 1.165) is 76.2 Å². The molecule has 1 aromatic rings. The van der Waals surface area contributed by atoms with Gasteiger partial charge in [-0.05, 0) is 68.3 Å². The maximum Gasteiger partial charge on any atom is 0.226 e. The van der Waals surface area contributed by atoms with E-state index in [4.69, 9.17) is 4.74 Å². The summed E-state index contributed by atoms with van der Waals surface area (Å²) in [6.45, 7) is 4.58. The highest BCUT2D eigenvalue weighted by Gasteiger charge is 2.54. The number of carbonyl (C=O) groups excluding carboxylic acids is 1. The van der Waals surface area contributed by atoms with Gasteiger partial charge in [-0.15, -0.1) is 0 Å². The van der Waals surface area contributed by atoms with Crippen LogP contribution in [0.3, 0.4) is 0 Å². The highest BCUT2D eigenvalue weighted by Crippen LogP contribution is 2.60. The number of morpholine rings is 1. The van der Waals surface area contributed by atoms with Crippen LogP contribution in [-0.4, -0.2) is 43.6 Å². The average molecular weight is 383 g/mol. The molecule has 0 radical (unpaired) electrons. The van der Waals surface area contributed by atoms with E-state index in [1.54, 1.807) is 0 Å². The molecule has 6 rings (SSSR count). The van der Waals surface area contributed by atoms with Gasteiger partial charge in [0, 0.05) is 31.6 Å². The van der Waals surface area contributed by atoms with Crippen molar-refractivity contribution < 1.29 is 9.53 Å². The molecular weight excluding hydrogens is 348 g/mol. The summed E-state index contributed by atoms with van der Waals surface area (Å²) in [5.41, 5.74) is 1.26. The summed E-state index contributed by atoms with van der Waals surface area (Å²) >= 11 is 0. The van der Waals surface area contributed by atoms with E-state index in [-0.39, 0.29) is 11.5 Å². The maximum atomic E-state index is 13.0. The van der Waals surface area contributed by atoms with Crippen molar-refractivity contribution in [1.82, 2.24) is 10.2 Å². The zero-order valence-electron chi connectivity index (χ0n) is 16.9. The van der Waals surface area contributed by atoms with Crippen LogP contribution in [0.4, 0.5) is 0 Å². The monoisotopic (exact) mass is 382 g/mol. The van der Waals surface area contributed by atoms with Crippen molar-refractivity contribution in [3.8, 4) is 0 Å². The molecule has 5 aliphatic rings. The molecule has 1 saturated heterocycles. The highest BCUT2D eigenvalue weighted by atomic mass is 16.5. The summed E-state index contributed by atoms with van der Waals surface area (Å²) in [4.78, 5) is 15.5. The lowest BCUT2D eigenvalue weighted by molar-refractivity contribution is -0.146. The molecule has 152 valence electrons. The first-order chi connectivity index (χ1) is 13.7. The van der Waals surface area contributed by atoms with Gasteiger partial charge in [0.05, 0.1) is 12.7 Å². The van der Waals surface area contributed by atoms with E-state index in [1.165, 1.54) is 24.8 Å². The predicted molar refractivity (Wildman–Crippen MR) is 110 cm³/mol. The second-order valence-electron chi connectivity index (χ2n) is 9.88. The average Bonchev–Trinajstić information content (AvgIpc) is 2.71. The summed E-state index contributed by atoms with van der Waals surface area (Å²) in [5, 5.41) is 3.33. The van der Waals surface area contributed by atoms with Gasteiger partial charge in [-0.1, -0.05) is 30.3 Å². The molecule has 4 aliphatic carbocycles. The Morgan fingerprint density at radius 1 is 1.07 bits per heavy atom. The van der Waals surface area contributed by atoms with E-state index in [1.807, 2.05) is 0 Å². The van der Waals surface area contributed by atoms with Crippen molar-refractivity contribution in [2.45, 2.75) is 51.0 Å². The normalized spacial score (nSPS) is 37.1. The standard InChI is InChI=1S/C24H34N2O2/c27-23(24-14-18-11-19(15-24)13-20(12-18)16-24)25-7-4-8-26-9-10-28-22(17-26)21-5-2-1-3-6-21/h1-3,5-6,18-20,22H,4,7-17H2,(H,25,27). The van der Waals surface area contributed by atoms with Crippen LogP contribution in [0, 0.1) is 23.2 Å². The first kappa shape index (κ1) is 18.6. The number of hydrogen-bond donors (Lipinski definition) is 1. The minimum atomic E-state index is -0.00782. The van der Waals surface area contributed by atoms with Crippen LogP contribution < -0.4 is 5.32 Å². The van der Waals surface area contributed by atoms with Crippen molar-refractivity contribution in [2.24, 2.45) is 23.2 Å². The van der Waals surface area contributed by atoms with Gasteiger partial charge in [-0.2, -0.15) is 0 Å². The lowest BCUT2D eigenvalue weighted by Crippen LogP contribution is -2.53. The van der Waals surface area contributed by atoms with E-state index in [9.17, 15) is 4.79 Å². The third-order valence-corrected chi connectivity index (χ3v) is 7.78. The van der Waals surface area contributed by atoms with Gasteiger partial charge in [-0.25, -0.2) is 0 Å². The molecule has 5 fully saturated rings. The van der Waals surface area contributed by atoms with Crippen LogP contribution in [-0.2, 0) is 9.53 Å². The van der Waals surface area contributed by atoms with Crippen molar-refractivity contribution in [3.63, 3.8) is 0 Å². The largest absolute Gasteiger partial charge is 0.371 e. The molecule has 4 bridgehead atoms. The smallest absolute Gasteiger partial charge is 0.226 e. The summed E-state index contributed by atoms with van der Waals surface area (Å²) in [7, 11) is 0. The number of benzene rings is 1. The van der Waals surface area contributed by atoms with E-state index in [2.05, 4.69) is 40.5 Å². The lowest BCUT2D eigenvalue weighted by atomic mass is 9.49. The molecule has 1 N–H and O–H groups in total. The van der Waals surface area contributed by atoms with Gasteiger partial charge in [-0.3, -0.25) is 9.69 Å². The van der Waals surface area contributed by atoms with Crippen molar-refractivity contribution >= 4 is 5.91 Å². The predicted octanol–water partition coefficient (Wildman–Crippen LogP) is 3.78. The fourth-order valence-electron chi connectivity index (χ4n) is 6.86. The topological polar surface area (TPSA) is 41.6 Å². The van der Waals surface area contributed by atoms with E-state index >= 15 is 0 Å². The van der Waals surface area contributed by atoms with Crippen molar-refractivity contribution in [1.29, 1.82) is 0 Å². The molecule has 28 heavy (non-hydrogen) atoms. The van der Waals surface area contributed by atoms with Gasteiger partial charge in [0.1, 0.15) is 0 Å². The van der Waals surface area contributed by atoms with Gasteiger partial charge in [0.2, 0.25) is 5.91 Å². The maximum absolute atomic E-state index is 13.0. The van der Waals surface area contributed by atoms with Crippen LogP contribution >= 0.6 is 0 Å². The number of nitrogens with zero attached hydrogens (tertiary/aromatic N) is 1. The van der Waals surface area contributed by atoms with Gasteiger partial charge < -0.3 is 10.1 Å². The molecule has 0 aromatic heterocycles. The van der Waals surface area contributed by atoms with Crippen LogP contribution in [0.2, 0.25) is 0 Å². The Kier molecular flexibility index (Phi) is 5.18. The van der Waals surface area contributed by atoms with Crippen LogP contribution in [0.25, 0.3) is 0 Å². The number of rotatable bonds is 6. The molecule has 4 nitrogen and oxygen atoms in total. The Labute approximate surface area is 169 Å². The minimum Gasteiger partial charge on any atom is -0.371 e. The molecule has 1 atom stereocenters. The summed E-state index contributed by atoms with van der Waals surface area (Å²) in [6, 6.07) is 10.5. The van der Waals surface area contributed by atoms with Crippen molar-refractivity contribution in [2.75, 3.05) is 32.8 Å². The second-order valence-corrected chi connectivity index (χ2v) is 9.88. The Morgan fingerprint density at radius 3 is 2.43 bits per heavy atom. The van der Waals surface area contributed by atoms with Crippen LogP contribution in [0.5, 0.6) is 0 Å². The molecule has 4 saturated carbocycles. The number of hydrogen-bond acceptors (Lipinski definition) is 3. The zero-order chi connectivity index (χ0) is 19.0. The molecule has 1 unspecified atom stereocenters. The first-order valence-corrected chi connectivity index (χ1v) is 11.4. The number of nitrogens with one attached hydrogen (secondary N) is 1. The van der Waals surface area contributed by atoms with Crippen LogP contribution in [0.15, 0.2) is 30.3 Å². The van der Waals surface area contributed by atoms with E-state index < -0.39 is 0 Å². The fourth-order valence-corrected chi connectivity index (χ4v) is 6.86. The van der Waals surface area contributed by atoms with Gasteiger partial charge in [0.25, 0.3) is 0 Å². The number of amides is 1. The van der Waals surface area contributed by atoms with Gasteiger partial charge in [0.15, 0.2) is 0 Å². The second kappa shape index (κ2) is 7.79.